The van der Waals surface area contributed by atoms with E-state index < -0.39 is 28.5 Å². The number of sulfonamides is 1. The van der Waals surface area contributed by atoms with Crippen molar-refractivity contribution in [1.82, 2.24) is 10.2 Å². The Bertz CT molecular complexity index is 1750. The predicted octanol–water partition coefficient (Wildman–Crippen LogP) is 6.97. The maximum absolute atomic E-state index is 14.5. The lowest BCUT2D eigenvalue weighted by Crippen LogP contribution is -2.54. The first-order valence-corrected chi connectivity index (χ1v) is 16.8. The summed E-state index contributed by atoms with van der Waals surface area (Å²) in [6, 6.07) is 26.7. The highest BCUT2D eigenvalue weighted by Gasteiger charge is 2.35. The summed E-state index contributed by atoms with van der Waals surface area (Å²) in [5.74, 6) is -0.913. The summed E-state index contributed by atoms with van der Waals surface area (Å²) in [7, 11) is -4.18. The Hall–Kier alpha value is -3.85. The number of nitrogens with one attached hydrogen (secondary N) is 1. The topological polar surface area (TPSA) is 86.8 Å². The minimum Gasteiger partial charge on any atom is -0.352 e. The van der Waals surface area contributed by atoms with Crippen LogP contribution < -0.4 is 9.62 Å². The molecule has 2 amide bonds. The van der Waals surface area contributed by atoms with Crippen molar-refractivity contribution in [2.75, 3.05) is 10.8 Å². The molecular weight excluding hydrogens is 629 g/mol. The molecule has 10 heteroatoms. The van der Waals surface area contributed by atoms with E-state index >= 15 is 0 Å². The number of anilines is 1. The number of benzene rings is 4. The summed E-state index contributed by atoms with van der Waals surface area (Å²) in [6.07, 6.45) is 0.210. The summed E-state index contributed by atoms with van der Waals surface area (Å²) in [5.41, 5.74) is 3.55. The van der Waals surface area contributed by atoms with Crippen LogP contribution in [0.5, 0.6) is 0 Å². The molecule has 45 heavy (non-hydrogen) atoms. The first-order chi connectivity index (χ1) is 21.3. The molecule has 4 aromatic rings. The van der Waals surface area contributed by atoms with Crippen molar-refractivity contribution < 1.29 is 18.0 Å². The Kier molecular flexibility index (Phi) is 11.3. The Morgan fingerprint density at radius 2 is 1.47 bits per heavy atom. The van der Waals surface area contributed by atoms with Crippen LogP contribution in [-0.4, -0.2) is 43.8 Å². The molecule has 0 aromatic heterocycles. The number of carbonyl (C=O) groups excluding carboxylic acids is 2. The molecular formula is C35H37Cl2N3O4S. The van der Waals surface area contributed by atoms with Gasteiger partial charge in [0.05, 0.1) is 20.6 Å². The Labute approximate surface area is 275 Å². The van der Waals surface area contributed by atoms with Gasteiger partial charge in [0, 0.05) is 19.0 Å². The molecule has 0 radical (unpaired) electrons. The van der Waals surface area contributed by atoms with Gasteiger partial charge in [-0.15, -0.1) is 0 Å². The number of amides is 2. The van der Waals surface area contributed by atoms with Crippen molar-refractivity contribution in [3.05, 3.63) is 129 Å². The molecule has 0 bridgehead atoms. The Morgan fingerprint density at radius 1 is 0.778 bits per heavy atom. The fourth-order valence-corrected chi connectivity index (χ4v) is 6.65. The van der Waals surface area contributed by atoms with Gasteiger partial charge in [-0.25, -0.2) is 8.42 Å². The number of carbonyl (C=O) groups is 2. The first kappa shape index (κ1) is 34.0. The third kappa shape index (κ3) is 8.87. The minimum atomic E-state index is -4.18. The predicted molar refractivity (Wildman–Crippen MR) is 181 cm³/mol. The smallest absolute Gasteiger partial charge is 0.264 e. The largest absolute Gasteiger partial charge is 0.352 e. The lowest BCUT2D eigenvalue weighted by molar-refractivity contribution is -0.140. The molecule has 0 heterocycles. The molecule has 0 spiro atoms. The van der Waals surface area contributed by atoms with Gasteiger partial charge in [-0.3, -0.25) is 13.9 Å². The normalized spacial score (nSPS) is 12.1. The third-order valence-corrected chi connectivity index (χ3v) is 9.74. The van der Waals surface area contributed by atoms with Crippen molar-refractivity contribution in [2.24, 2.45) is 0 Å². The highest BCUT2D eigenvalue weighted by Crippen LogP contribution is 2.27. The van der Waals surface area contributed by atoms with Crippen LogP contribution in [0.1, 0.15) is 36.1 Å². The second-order valence-corrected chi connectivity index (χ2v) is 14.0. The van der Waals surface area contributed by atoms with Gasteiger partial charge in [0.15, 0.2) is 0 Å². The number of hydrogen-bond acceptors (Lipinski definition) is 4. The molecule has 0 aliphatic rings. The molecule has 1 unspecified atom stereocenters. The van der Waals surface area contributed by atoms with Crippen LogP contribution in [0.4, 0.5) is 5.69 Å². The maximum Gasteiger partial charge on any atom is 0.264 e. The van der Waals surface area contributed by atoms with Gasteiger partial charge < -0.3 is 10.2 Å². The highest BCUT2D eigenvalue weighted by atomic mass is 35.5. The van der Waals surface area contributed by atoms with Gasteiger partial charge in [-0.05, 0) is 80.8 Å². The summed E-state index contributed by atoms with van der Waals surface area (Å²) in [5, 5.41) is 3.60. The van der Waals surface area contributed by atoms with E-state index in [0.717, 1.165) is 21.0 Å². The molecule has 0 fully saturated rings. The molecule has 7 nitrogen and oxygen atoms in total. The fraction of sp³-hybridized carbons (Fsp3) is 0.257. The van der Waals surface area contributed by atoms with Crippen molar-refractivity contribution >= 4 is 50.7 Å². The monoisotopic (exact) mass is 665 g/mol. The second-order valence-electron chi connectivity index (χ2n) is 11.3. The van der Waals surface area contributed by atoms with Crippen molar-refractivity contribution in [3.8, 4) is 0 Å². The van der Waals surface area contributed by atoms with E-state index in [1.165, 1.54) is 17.0 Å². The molecule has 4 rings (SSSR count). The number of halogens is 2. The first-order valence-electron chi connectivity index (χ1n) is 14.6. The molecule has 0 saturated heterocycles. The zero-order chi connectivity index (χ0) is 32.7. The lowest BCUT2D eigenvalue weighted by atomic mass is 10.0. The van der Waals surface area contributed by atoms with E-state index in [2.05, 4.69) is 5.32 Å². The van der Waals surface area contributed by atoms with Crippen LogP contribution >= 0.6 is 23.2 Å². The summed E-state index contributed by atoms with van der Waals surface area (Å²) < 4.78 is 29.4. The molecule has 0 aliphatic heterocycles. The molecule has 0 saturated carbocycles. The zero-order valence-electron chi connectivity index (χ0n) is 25.7. The molecule has 1 N–H and O–H groups in total. The number of nitrogens with zero attached hydrogens (tertiary/aromatic N) is 2. The van der Waals surface area contributed by atoms with Gasteiger partial charge in [0.25, 0.3) is 10.0 Å². The fourth-order valence-electron chi connectivity index (χ4n) is 4.92. The average molecular weight is 667 g/mol. The number of hydrogen-bond donors (Lipinski definition) is 1. The third-order valence-electron chi connectivity index (χ3n) is 7.22. The summed E-state index contributed by atoms with van der Waals surface area (Å²) in [6.45, 7) is 6.86. The summed E-state index contributed by atoms with van der Waals surface area (Å²) >= 11 is 12.5. The van der Waals surface area contributed by atoms with Crippen LogP contribution in [0.25, 0.3) is 0 Å². The minimum absolute atomic E-state index is 0.00895. The highest BCUT2D eigenvalue weighted by molar-refractivity contribution is 7.92. The zero-order valence-corrected chi connectivity index (χ0v) is 28.0. The number of aryl methyl sites for hydroxylation is 2. The van der Waals surface area contributed by atoms with E-state index in [-0.39, 0.29) is 29.8 Å². The van der Waals surface area contributed by atoms with Gasteiger partial charge in [-0.2, -0.15) is 0 Å². The van der Waals surface area contributed by atoms with E-state index in [1.807, 2.05) is 64.1 Å². The average Bonchev–Trinajstić information content (AvgIpc) is 2.99. The molecule has 0 aliphatic carbocycles. The quantitative estimate of drug-likeness (QED) is 0.177. The molecule has 236 valence electrons. The van der Waals surface area contributed by atoms with Crippen LogP contribution in [-0.2, 0) is 32.6 Å². The van der Waals surface area contributed by atoms with Gasteiger partial charge in [-0.1, -0.05) is 89.4 Å². The van der Waals surface area contributed by atoms with E-state index in [1.54, 1.807) is 48.5 Å². The second kappa shape index (κ2) is 15.0. The van der Waals surface area contributed by atoms with E-state index in [4.69, 9.17) is 23.2 Å². The van der Waals surface area contributed by atoms with E-state index in [0.29, 0.717) is 21.3 Å². The lowest BCUT2D eigenvalue weighted by Gasteiger charge is -2.34. The van der Waals surface area contributed by atoms with Crippen LogP contribution in [0.2, 0.25) is 10.0 Å². The standard InChI is InChI=1S/C35H37Cl2N3O4S/c1-24(2)38-35(42)33(21-27-10-6-5-7-11-27)39(22-28-15-18-31(36)32(37)20-28)34(41)23-40(29-12-8-9-26(4)19-29)45(43,44)30-16-13-25(3)14-17-30/h5-20,24,33H,21-23H2,1-4H3,(H,38,42). The maximum atomic E-state index is 14.5. The van der Waals surface area contributed by atoms with Crippen LogP contribution in [0, 0.1) is 13.8 Å². The number of rotatable bonds is 12. The molecule has 4 aromatic carbocycles. The van der Waals surface area contributed by atoms with Crippen molar-refractivity contribution in [2.45, 2.75) is 57.6 Å². The van der Waals surface area contributed by atoms with Crippen molar-refractivity contribution in [1.29, 1.82) is 0 Å². The van der Waals surface area contributed by atoms with Crippen LogP contribution in [0.3, 0.4) is 0 Å². The SMILES string of the molecule is Cc1ccc(S(=O)(=O)N(CC(=O)N(Cc2ccc(Cl)c(Cl)c2)C(Cc2ccccc2)C(=O)NC(C)C)c2cccc(C)c2)cc1. The van der Waals surface area contributed by atoms with Gasteiger partial charge >= 0.3 is 0 Å². The Balaban J connectivity index is 1.82. The Morgan fingerprint density at radius 3 is 2.09 bits per heavy atom. The van der Waals surface area contributed by atoms with Gasteiger partial charge in [0.2, 0.25) is 11.8 Å². The van der Waals surface area contributed by atoms with Crippen LogP contribution in [0.15, 0.2) is 102 Å². The van der Waals surface area contributed by atoms with E-state index in [9.17, 15) is 18.0 Å². The van der Waals surface area contributed by atoms with Crippen molar-refractivity contribution in [3.63, 3.8) is 0 Å². The molecule has 1 atom stereocenters. The summed E-state index contributed by atoms with van der Waals surface area (Å²) in [4.78, 5) is 29.8. The van der Waals surface area contributed by atoms with Gasteiger partial charge in [0.1, 0.15) is 12.6 Å².